The highest BCUT2D eigenvalue weighted by Gasteiger charge is 2.18. The topological polar surface area (TPSA) is 34.1 Å². The van der Waals surface area contributed by atoms with Gasteiger partial charge in [0.05, 0.1) is 11.8 Å². The van der Waals surface area contributed by atoms with Crippen molar-refractivity contribution in [3.8, 4) is 5.88 Å². The summed E-state index contributed by atoms with van der Waals surface area (Å²) in [6.45, 7) is 17.1. The van der Waals surface area contributed by atoms with E-state index in [1.807, 2.05) is 0 Å². The van der Waals surface area contributed by atoms with Crippen molar-refractivity contribution >= 4 is 0 Å². The minimum atomic E-state index is 0.0294. The quantitative estimate of drug-likeness (QED) is 0.813. The van der Waals surface area contributed by atoms with Crippen LogP contribution in [0.4, 0.5) is 0 Å². The maximum Gasteiger partial charge on any atom is 0.214 e. The van der Waals surface area contributed by atoms with Gasteiger partial charge in [-0.25, -0.2) is 4.98 Å². The molecule has 0 aliphatic carbocycles. The largest absolute Gasteiger partial charge is 0.475 e. The minimum Gasteiger partial charge on any atom is -0.475 e. The van der Waals surface area contributed by atoms with E-state index in [1.165, 1.54) is 5.56 Å². The first-order chi connectivity index (χ1) is 9.72. The second-order valence-electron chi connectivity index (χ2n) is 7.29. The summed E-state index contributed by atoms with van der Waals surface area (Å²) >= 11 is 0. The third kappa shape index (κ3) is 6.47. The average molecular weight is 292 g/mol. The van der Waals surface area contributed by atoms with Gasteiger partial charge >= 0.3 is 0 Å². The van der Waals surface area contributed by atoms with Gasteiger partial charge in [0.25, 0.3) is 0 Å². The number of aromatic nitrogens is 1. The summed E-state index contributed by atoms with van der Waals surface area (Å²) < 4.78 is 6.04. The lowest BCUT2D eigenvalue weighted by Gasteiger charge is -2.22. The van der Waals surface area contributed by atoms with Gasteiger partial charge in [-0.15, -0.1) is 0 Å². The van der Waals surface area contributed by atoms with Crippen LogP contribution in [0.1, 0.15) is 66.1 Å². The van der Waals surface area contributed by atoms with E-state index in [0.29, 0.717) is 5.92 Å². The molecule has 0 radical (unpaired) electrons. The molecular formula is C18H32N2O. The van der Waals surface area contributed by atoms with Gasteiger partial charge in [-0.05, 0) is 37.4 Å². The maximum absolute atomic E-state index is 6.04. The van der Waals surface area contributed by atoms with Crippen LogP contribution in [0.3, 0.4) is 0 Å². The molecule has 1 aromatic heterocycles. The fourth-order valence-electron chi connectivity index (χ4n) is 2.29. The van der Waals surface area contributed by atoms with Crippen LogP contribution < -0.4 is 10.1 Å². The predicted molar refractivity (Wildman–Crippen MR) is 89.9 cm³/mol. The number of hydrogen-bond acceptors (Lipinski definition) is 3. The van der Waals surface area contributed by atoms with E-state index < -0.39 is 0 Å². The highest BCUT2D eigenvalue weighted by atomic mass is 16.5. The van der Waals surface area contributed by atoms with E-state index in [9.17, 15) is 0 Å². The van der Waals surface area contributed by atoms with Gasteiger partial charge in [-0.1, -0.05) is 41.5 Å². The van der Waals surface area contributed by atoms with Crippen molar-refractivity contribution in [2.75, 3.05) is 6.54 Å². The summed E-state index contributed by atoms with van der Waals surface area (Å²) in [5, 5.41) is 3.37. The Labute approximate surface area is 130 Å². The maximum atomic E-state index is 6.04. The Kier molecular flexibility index (Phi) is 6.66. The fraction of sp³-hybridized carbons (Fsp3) is 0.722. The number of ether oxygens (including phenoxy) is 1. The van der Waals surface area contributed by atoms with Crippen LogP contribution in [0.2, 0.25) is 0 Å². The zero-order chi connectivity index (χ0) is 16.0. The summed E-state index contributed by atoms with van der Waals surface area (Å²) in [4.78, 5) is 4.71. The molecule has 0 saturated heterocycles. The van der Waals surface area contributed by atoms with Crippen LogP contribution in [0, 0.1) is 5.92 Å². The van der Waals surface area contributed by atoms with Gasteiger partial charge < -0.3 is 10.1 Å². The summed E-state index contributed by atoms with van der Waals surface area (Å²) in [5.74, 6) is 1.38. The molecule has 0 fully saturated rings. The van der Waals surface area contributed by atoms with E-state index in [0.717, 1.165) is 31.1 Å². The zero-order valence-corrected chi connectivity index (χ0v) is 14.8. The molecule has 0 spiro atoms. The summed E-state index contributed by atoms with van der Waals surface area (Å²) in [6, 6.07) is 4.25. The molecular weight excluding hydrogens is 260 g/mol. The lowest BCUT2D eigenvalue weighted by atomic mass is 9.91. The molecule has 1 aromatic rings. The predicted octanol–water partition coefficient (Wildman–Crippen LogP) is 4.30. The molecule has 120 valence electrons. The van der Waals surface area contributed by atoms with Gasteiger partial charge in [-0.2, -0.15) is 0 Å². The molecule has 1 rings (SSSR count). The Morgan fingerprint density at radius 2 is 1.86 bits per heavy atom. The van der Waals surface area contributed by atoms with Crippen molar-refractivity contribution in [3.05, 3.63) is 23.4 Å². The SMILES string of the molecule is CCNCc1cc(OC(C)CC(C)C)nc(C(C)(C)C)c1. The number of nitrogens with zero attached hydrogens (tertiary/aromatic N) is 1. The molecule has 0 saturated carbocycles. The highest BCUT2D eigenvalue weighted by molar-refractivity contribution is 5.28. The van der Waals surface area contributed by atoms with Crippen LogP contribution in [0.15, 0.2) is 12.1 Å². The zero-order valence-electron chi connectivity index (χ0n) is 14.8. The standard InChI is InChI=1S/C18H32N2O/c1-8-19-12-15-10-16(18(5,6)7)20-17(11-15)21-14(4)9-13(2)3/h10-11,13-14,19H,8-9,12H2,1-7H3. The normalized spacial score (nSPS) is 13.5. The van der Waals surface area contributed by atoms with E-state index >= 15 is 0 Å². The monoisotopic (exact) mass is 292 g/mol. The molecule has 21 heavy (non-hydrogen) atoms. The highest BCUT2D eigenvalue weighted by Crippen LogP contribution is 2.25. The Morgan fingerprint density at radius 1 is 1.19 bits per heavy atom. The van der Waals surface area contributed by atoms with Crippen LogP contribution in [-0.4, -0.2) is 17.6 Å². The van der Waals surface area contributed by atoms with Crippen molar-refractivity contribution in [1.82, 2.24) is 10.3 Å². The first-order valence-electron chi connectivity index (χ1n) is 8.11. The molecule has 1 N–H and O–H groups in total. The average Bonchev–Trinajstić information content (AvgIpc) is 2.33. The van der Waals surface area contributed by atoms with Crippen molar-refractivity contribution in [2.24, 2.45) is 5.92 Å². The van der Waals surface area contributed by atoms with Gasteiger partial charge in [0.2, 0.25) is 5.88 Å². The van der Waals surface area contributed by atoms with Crippen LogP contribution >= 0.6 is 0 Å². The number of pyridine rings is 1. The molecule has 1 atom stereocenters. The van der Waals surface area contributed by atoms with Gasteiger partial charge in [0, 0.05) is 18.0 Å². The third-order valence-corrected chi connectivity index (χ3v) is 3.33. The number of hydrogen-bond donors (Lipinski definition) is 1. The second-order valence-corrected chi connectivity index (χ2v) is 7.29. The number of rotatable bonds is 7. The minimum absolute atomic E-state index is 0.0294. The first-order valence-corrected chi connectivity index (χ1v) is 8.11. The number of nitrogens with one attached hydrogen (secondary N) is 1. The molecule has 3 heteroatoms. The molecule has 1 unspecified atom stereocenters. The Morgan fingerprint density at radius 3 is 2.38 bits per heavy atom. The lowest BCUT2D eigenvalue weighted by Crippen LogP contribution is -2.20. The molecule has 3 nitrogen and oxygen atoms in total. The fourth-order valence-corrected chi connectivity index (χ4v) is 2.29. The van der Waals surface area contributed by atoms with Gasteiger partial charge in [0.1, 0.15) is 0 Å². The van der Waals surface area contributed by atoms with Crippen molar-refractivity contribution in [1.29, 1.82) is 0 Å². The van der Waals surface area contributed by atoms with Gasteiger partial charge in [0.15, 0.2) is 0 Å². The van der Waals surface area contributed by atoms with Crippen LogP contribution in [0.5, 0.6) is 5.88 Å². The first kappa shape index (κ1) is 18.0. The molecule has 1 heterocycles. The Hall–Kier alpha value is -1.09. The van der Waals surface area contributed by atoms with Crippen molar-refractivity contribution < 1.29 is 4.74 Å². The summed E-state index contributed by atoms with van der Waals surface area (Å²) in [7, 11) is 0. The summed E-state index contributed by atoms with van der Waals surface area (Å²) in [6.07, 6.45) is 1.24. The Bertz CT molecular complexity index is 435. The van der Waals surface area contributed by atoms with Crippen molar-refractivity contribution in [3.63, 3.8) is 0 Å². The van der Waals surface area contributed by atoms with E-state index in [1.54, 1.807) is 0 Å². The molecule has 0 aliphatic rings. The summed E-state index contributed by atoms with van der Waals surface area (Å²) in [5.41, 5.74) is 2.36. The van der Waals surface area contributed by atoms with Crippen LogP contribution in [0.25, 0.3) is 0 Å². The van der Waals surface area contributed by atoms with E-state index in [4.69, 9.17) is 9.72 Å². The molecule has 0 aliphatic heterocycles. The molecule has 0 aromatic carbocycles. The van der Waals surface area contributed by atoms with Crippen LogP contribution in [-0.2, 0) is 12.0 Å². The second kappa shape index (κ2) is 7.79. The lowest BCUT2D eigenvalue weighted by molar-refractivity contribution is 0.184. The van der Waals surface area contributed by atoms with Gasteiger partial charge in [-0.3, -0.25) is 0 Å². The Balaban J connectivity index is 2.95. The molecule has 0 amide bonds. The third-order valence-electron chi connectivity index (χ3n) is 3.33. The van der Waals surface area contributed by atoms with E-state index in [-0.39, 0.29) is 11.5 Å². The van der Waals surface area contributed by atoms with Crippen molar-refractivity contribution in [2.45, 2.75) is 73.0 Å². The van der Waals surface area contributed by atoms with E-state index in [2.05, 4.69) is 65.9 Å². The smallest absolute Gasteiger partial charge is 0.214 e. The molecule has 0 bridgehead atoms.